The van der Waals surface area contributed by atoms with Gasteiger partial charge in [0.25, 0.3) is 0 Å². The van der Waals surface area contributed by atoms with Crippen molar-refractivity contribution >= 4 is 11.9 Å². The van der Waals surface area contributed by atoms with E-state index < -0.39 is 17.3 Å². The molecule has 0 fully saturated rings. The topological polar surface area (TPSA) is 66.4 Å². The lowest BCUT2D eigenvalue weighted by Gasteiger charge is -2.21. The van der Waals surface area contributed by atoms with Crippen LogP contribution in [0.5, 0.6) is 0 Å². The molecule has 0 aromatic carbocycles. The van der Waals surface area contributed by atoms with Gasteiger partial charge in [0.15, 0.2) is 0 Å². The van der Waals surface area contributed by atoms with Crippen LogP contribution in [0, 0.1) is 17.3 Å². The van der Waals surface area contributed by atoms with Gasteiger partial charge in [-0.3, -0.25) is 9.59 Å². The first kappa shape index (κ1) is 13.9. The molecule has 0 radical (unpaired) electrons. The SMILES string of the molecule is CC(C)C(C)CNC(=O)C(C)(C)C(=O)O. The molecule has 0 saturated heterocycles. The van der Waals surface area contributed by atoms with E-state index in [0.717, 1.165) is 0 Å². The second-order valence-corrected chi connectivity index (χ2v) is 4.86. The van der Waals surface area contributed by atoms with Gasteiger partial charge in [-0.25, -0.2) is 0 Å². The second kappa shape index (κ2) is 5.14. The average Bonchev–Trinajstić information content (AvgIpc) is 2.12. The van der Waals surface area contributed by atoms with Crippen LogP contribution in [-0.2, 0) is 9.59 Å². The molecule has 0 aliphatic heterocycles. The summed E-state index contributed by atoms with van der Waals surface area (Å²) in [5.74, 6) is -0.712. The van der Waals surface area contributed by atoms with Crippen LogP contribution in [0.15, 0.2) is 0 Å². The third-order valence-electron chi connectivity index (χ3n) is 2.82. The minimum absolute atomic E-state index is 0.346. The van der Waals surface area contributed by atoms with Gasteiger partial charge < -0.3 is 10.4 Å². The van der Waals surface area contributed by atoms with Crippen molar-refractivity contribution in [2.24, 2.45) is 17.3 Å². The molecule has 0 aromatic heterocycles. The maximum Gasteiger partial charge on any atom is 0.318 e. The molecule has 0 aromatic rings. The lowest BCUT2D eigenvalue weighted by Crippen LogP contribution is -2.44. The molecule has 1 unspecified atom stereocenters. The molecule has 4 nitrogen and oxygen atoms in total. The average molecular weight is 215 g/mol. The van der Waals surface area contributed by atoms with E-state index in [-0.39, 0.29) is 0 Å². The van der Waals surface area contributed by atoms with E-state index in [1.165, 1.54) is 13.8 Å². The Morgan fingerprint density at radius 2 is 1.73 bits per heavy atom. The summed E-state index contributed by atoms with van der Waals surface area (Å²) >= 11 is 0. The number of nitrogens with one attached hydrogen (secondary N) is 1. The third kappa shape index (κ3) is 3.90. The standard InChI is InChI=1S/C11H21NO3/c1-7(2)8(3)6-12-9(13)11(4,5)10(14)15/h7-8H,6H2,1-5H3,(H,12,13)(H,14,15). The summed E-state index contributed by atoms with van der Waals surface area (Å²) in [6, 6.07) is 0. The zero-order valence-corrected chi connectivity index (χ0v) is 10.1. The fourth-order valence-corrected chi connectivity index (χ4v) is 0.807. The van der Waals surface area contributed by atoms with Crippen molar-refractivity contribution in [2.75, 3.05) is 6.54 Å². The number of aliphatic carboxylic acids is 1. The van der Waals surface area contributed by atoms with E-state index in [9.17, 15) is 9.59 Å². The molecule has 15 heavy (non-hydrogen) atoms. The van der Waals surface area contributed by atoms with E-state index in [1.807, 2.05) is 6.92 Å². The zero-order chi connectivity index (χ0) is 12.2. The molecule has 0 saturated carbocycles. The predicted octanol–water partition coefficient (Wildman–Crippen LogP) is 1.51. The highest BCUT2D eigenvalue weighted by molar-refractivity contribution is 6.00. The fraction of sp³-hybridized carbons (Fsp3) is 0.818. The number of carboxylic acid groups (broad SMARTS) is 1. The number of amides is 1. The first-order valence-corrected chi connectivity index (χ1v) is 5.21. The Balaban J connectivity index is 4.22. The van der Waals surface area contributed by atoms with Crippen molar-refractivity contribution in [3.63, 3.8) is 0 Å². The Morgan fingerprint density at radius 1 is 1.27 bits per heavy atom. The molecular formula is C11H21NO3. The normalized spacial score (nSPS) is 13.7. The van der Waals surface area contributed by atoms with Gasteiger partial charge in [0.05, 0.1) is 0 Å². The molecule has 1 atom stereocenters. The van der Waals surface area contributed by atoms with Gasteiger partial charge in [-0.1, -0.05) is 20.8 Å². The molecule has 0 heterocycles. The summed E-state index contributed by atoms with van der Waals surface area (Å²) in [6.07, 6.45) is 0. The van der Waals surface area contributed by atoms with E-state index in [0.29, 0.717) is 18.4 Å². The smallest absolute Gasteiger partial charge is 0.318 e. The molecular weight excluding hydrogens is 194 g/mol. The summed E-state index contributed by atoms with van der Waals surface area (Å²) in [7, 11) is 0. The van der Waals surface area contributed by atoms with E-state index >= 15 is 0 Å². The highest BCUT2D eigenvalue weighted by atomic mass is 16.4. The van der Waals surface area contributed by atoms with Crippen molar-refractivity contribution in [3.8, 4) is 0 Å². The number of rotatable bonds is 5. The molecule has 4 heteroatoms. The van der Waals surface area contributed by atoms with Crippen LogP contribution in [0.3, 0.4) is 0 Å². The quantitative estimate of drug-likeness (QED) is 0.683. The van der Waals surface area contributed by atoms with Crippen molar-refractivity contribution in [2.45, 2.75) is 34.6 Å². The van der Waals surface area contributed by atoms with Gasteiger partial charge >= 0.3 is 5.97 Å². The zero-order valence-electron chi connectivity index (χ0n) is 10.1. The molecule has 0 rings (SSSR count). The lowest BCUT2D eigenvalue weighted by molar-refractivity contribution is -0.153. The van der Waals surface area contributed by atoms with Gasteiger partial charge in [-0.2, -0.15) is 0 Å². The highest BCUT2D eigenvalue weighted by Crippen LogP contribution is 2.16. The number of carbonyl (C=O) groups is 2. The van der Waals surface area contributed by atoms with Crippen LogP contribution >= 0.6 is 0 Å². The first-order valence-electron chi connectivity index (χ1n) is 5.21. The second-order valence-electron chi connectivity index (χ2n) is 4.86. The minimum atomic E-state index is -1.35. The Morgan fingerprint density at radius 3 is 2.07 bits per heavy atom. The summed E-state index contributed by atoms with van der Waals surface area (Å²) < 4.78 is 0. The van der Waals surface area contributed by atoms with Crippen LogP contribution in [-0.4, -0.2) is 23.5 Å². The van der Waals surface area contributed by atoms with Crippen LogP contribution in [0.4, 0.5) is 0 Å². The van der Waals surface area contributed by atoms with Gasteiger partial charge in [0.1, 0.15) is 5.41 Å². The molecule has 0 spiro atoms. The summed E-state index contributed by atoms with van der Waals surface area (Å²) in [5.41, 5.74) is -1.35. The Labute approximate surface area is 91.1 Å². The number of hydrogen-bond donors (Lipinski definition) is 2. The van der Waals surface area contributed by atoms with Crippen molar-refractivity contribution < 1.29 is 14.7 Å². The van der Waals surface area contributed by atoms with Crippen LogP contribution < -0.4 is 5.32 Å². The van der Waals surface area contributed by atoms with Crippen LogP contribution in [0.25, 0.3) is 0 Å². The Hall–Kier alpha value is -1.06. The minimum Gasteiger partial charge on any atom is -0.480 e. The van der Waals surface area contributed by atoms with Gasteiger partial charge in [-0.05, 0) is 25.7 Å². The Bertz CT molecular complexity index is 246. The summed E-state index contributed by atoms with van der Waals surface area (Å²) in [6.45, 7) is 9.50. The number of carboxylic acids is 1. The molecule has 88 valence electrons. The predicted molar refractivity (Wildman–Crippen MR) is 58.4 cm³/mol. The van der Waals surface area contributed by atoms with Gasteiger partial charge in [0.2, 0.25) is 5.91 Å². The molecule has 0 aliphatic rings. The number of hydrogen-bond acceptors (Lipinski definition) is 2. The molecule has 0 bridgehead atoms. The largest absolute Gasteiger partial charge is 0.480 e. The third-order valence-corrected chi connectivity index (χ3v) is 2.82. The first-order chi connectivity index (χ1) is 6.69. The Kier molecular flexibility index (Phi) is 4.78. The van der Waals surface area contributed by atoms with E-state index in [2.05, 4.69) is 19.2 Å². The van der Waals surface area contributed by atoms with Gasteiger partial charge in [0, 0.05) is 6.54 Å². The van der Waals surface area contributed by atoms with Crippen molar-refractivity contribution in [1.82, 2.24) is 5.32 Å². The fourth-order valence-electron chi connectivity index (χ4n) is 0.807. The van der Waals surface area contributed by atoms with Crippen molar-refractivity contribution in [3.05, 3.63) is 0 Å². The monoisotopic (exact) mass is 215 g/mol. The maximum atomic E-state index is 11.5. The van der Waals surface area contributed by atoms with Crippen LogP contribution in [0.2, 0.25) is 0 Å². The summed E-state index contributed by atoms with van der Waals surface area (Å²) in [5, 5.41) is 11.5. The lowest BCUT2D eigenvalue weighted by atomic mass is 9.91. The summed E-state index contributed by atoms with van der Waals surface area (Å²) in [4.78, 5) is 22.3. The van der Waals surface area contributed by atoms with Crippen molar-refractivity contribution in [1.29, 1.82) is 0 Å². The van der Waals surface area contributed by atoms with E-state index in [4.69, 9.17) is 5.11 Å². The molecule has 0 aliphatic carbocycles. The number of carbonyl (C=O) groups excluding carboxylic acids is 1. The molecule has 2 N–H and O–H groups in total. The van der Waals surface area contributed by atoms with E-state index in [1.54, 1.807) is 0 Å². The maximum absolute atomic E-state index is 11.5. The highest BCUT2D eigenvalue weighted by Gasteiger charge is 2.35. The van der Waals surface area contributed by atoms with Gasteiger partial charge in [-0.15, -0.1) is 0 Å². The molecule has 1 amide bonds. The van der Waals surface area contributed by atoms with Crippen LogP contribution in [0.1, 0.15) is 34.6 Å².